The van der Waals surface area contributed by atoms with Crippen LogP contribution in [0.2, 0.25) is 0 Å². The van der Waals surface area contributed by atoms with E-state index in [1.807, 2.05) is 73.7 Å². The van der Waals surface area contributed by atoms with Gasteiger partial charge in [0.1, 0.15) is 11.5 Å². The molecule has 1 amide bonds. The second kappa shape index (κ2) is 9.88. The molecule has 4 aromatic carbocycles. The minimum atomic E-state index is -0.386. The summed E-state index contributed by atoms with van der Waals surface area (Å²) in [6, 6.07) is 30.8. The number of carbonyl (C=O) groups is 1. The Bertz CT molecular complexity index is 1510. The van der Waals surface area contributed by atoms with Crippen LogP contribution in [0.3, 0.4) is 0 Å². The van der Waals surface area contributed by atoms with Crippen molar-refractivity contribution in [2.24, 2.45) is 0 Å². The molecule has 0 aliphatic rings. The molecule has 0 saturated heterocycles. The summed E-state index contributed by atoms with van der Waals surface area (Å²) >= 11 is 0. The molecule has 0 aliphatic heterocycles. The number of carbonyl (C=O) groups excluding carboxylic acids is 1. The predicted octanol–water partition coefficient (Wildman–Crippen LogP) is 6.90. The number of nitrogens with one attached hydrogen (secondary N) is 1. The molecule has 0 aliphatic carbocycles. The van der Waals surface area contributed by atoms with Crippen LogP contribution in [0.4, 0.5) is 5.69 Å². The van der Waals surface area contributed by atoms with Crippen LogP contribution in [0.15, 0.2) is 97.1 Å². The van der Waals surface area contributed by atoms with Gasteiger partial charge >= 0.3 is 0 Å². The van der Waals surface area contributed by atoms with E-state index in [1.165, 1.54) is 5.56 Å². The van der Waals surface area contributed by atoms with Gasteiger partial charge in [0.05, 0.1) is 5.69 Å². The van der Waals surface area contributed by atoms with Gasteiger partial charge in [-0.05, 0) is 80.4 Å². The van der Waals surface area contributed by atoms with Crippen molar-refractivity contribution in [2.75, 3.05) is 5.32 Å². The van der Waals surface area contributed by atoms with E-state index in [0.29, 0.717) is 17.3 Å². The number of para-hydroxylation sites is 1. The first-order valence-corrected chi connectivity index (χ1v) is 11.7. The van der Waals surface area contributed by atoms with E-state index in [2.05, 4.69) is 35.3 Å². The van der Waals surface area contributed by atoms with Gasteiger partial charge in [-0.15, -0.1) is 5.10 Å². The van der Waals surface area contributed by atoms with Crippen molar-refractivity contribution in [3.05, 3.63) is 120 Å². The van der Waals surface area contributed by atoms with Crippen molar-refractivity contribution < 1.29 is 9.53 Å². The molecular formula is C30H26N4O2. The molecule has 5 aromatic rings. The summed E-state index contributed by atoms with van der Waals surface area (Å²) in [6.45, 7) is 6.16. The quantitative estimate of drug-likeness (QED) is 0.290. The molecule has 0 radical (unpaired) electrons. The zero-order chi connectivity index (χ0) is 25.1. The molecule has 1 N–H and O–H groups in total. The Morgan fingerprint density at radius 3 is 2.17 bits per heavy atom. The molecule has 6 nitrogen and oxygen atoms in total. The van der Waals surface area contributed by atoms with Crippen molar-refractivity contribution >= 4 is 11.6 Å². The standard InChI is InChI=1S/C30H26N4O2/c1-20-9-12-23(13-10-20)29-32-28(33-34(29)25-16-11-21(2)22(3)19-25)30(35)31-24-14-17-27(18-15-24)36-26-7-5-4-6-8-26/h4-19H,1-3H3,(H,31,35). The van der Waals surface area contributed by atoms with Crippen LogP contribution in [0, 0.1) is 20.8 Å². The molecule has 36 heavy (non-hydrogen) atoms. The SMILES string of the molecule is Cc1ccc(-c2nc(C(=O)Nc3ccc(Oc4ccccc4)cc3)nn2-c2ccc(C)c(C)c2)cc1. The van der Waals surface area contributed by atoms with Crippen LogP contribution in [-0.2, 0) is 0 Å². The van der Waals surface area contributed by atoms with E-state index in [0.717, 1.165) is 28.1 Å². The lowest BCUT2D eigenvalue weighted by Gasteiger charge is -2.08. The molecule has 0 bridgehead atoms. The largest absolute Gasteiger partial charge is 0.457 e. The minimum absolute atomic E-state index is 0.0911. The Labute approximate surface area is 210 Å². The lowest BCUT2D eigenvalue weighted by atomic mass is 10.1. The van der Waals surface area contributed by atoms with Crippen LogP contribution in [0.1, 0.15) is 27.3 Å². The Kier molecular flexibility index (Phi) is 6.33. The zero-order valence-electron chi connectivity index (χ0n) is 20.4. The molecule has 0 spiro atoms. The van der Waals surface area contributed by atoms with Crippen LogP contribution in [0.5, 0.6) is 11.5 Å². The fourth-order valence-electron chi connectivity index (χ4n) is 3.75. The number of anilines is 1. The highest BCUT2D eigenvalue weighted by Gasteiger charge is 2.19. The fourth-order valence-corrected chi connectivity index (χ4v) is 3.75. The first-order valence-electron chi connectivity index (χ1n) is 11.7. The van der Waals surface area contributed by atoms with Gasteiger partial charge in [0.2, 0.25) is 5.82 Å². The molecule has 1 aromatic heterocycles. The smallest absolute Gasteiger partial charge is 0.295 e. The second-order valence-electron chi connectivity index (χ2n) is 8.70. The van der Waals surface area contributed by atoms with Gasteiger partial charge in [-0.2, -0.15) is 0 Å². The van der Waals surface area contributed by atoms with Crippen LogP contribution >= 0.6 is 0 Å². The number of ether oxygens (including phenoxy) is 1. The fraction of sp³-hybridized carbons (Fsp3) is 0.100. The van der Waals surface area contributed by atoms with Crippen LogP contribution in [-0.4, -0.2) is 20.7 Å². The first kappa shape index (κ1) is 23.1. The molecule has 0 atom stereocenters. The van der Waals surface area contributed by atoms with Gasteiger partial charge in [-0.1, -0.05) is 54.1 Å². The zero-order valence-corrected chi connectivity index (χ0v) is 20.4. The monoisotopic (exact) mass is 474 g/mol. The average molecular weight is 475 g/mol. The molecule has 0 saturated carbocycles. The Hall–Kier alpha value is -4.71. The Morgan fingerprint density at radius 1 is 0.778 bits per heavy atom. The summed E-state index contributed by atoms with van der Waals surface area (Å²) in [6.07, 6.45) is 0. The second-order valence-corrected chi connectivity index (χ2v) is 8.70. The van der Waals surface area contributed by atoms with Crippen LogP contribution < -0.4 is 10.1 Å². The molecule has 1 heterocycles. The van der Waals surface area contributed by atoms with Gasteiger partial charge in [0, 0.05) is 11.3 Å². The van der Waals surface area contributed by atoms with Crippen molar-refractivity contribution in [3.8, 4) is 28.6 Å². The average Bonchev–Trinajstić information content (AvgIpc) is 3.34. The van der Waals surface area contributed by atoms with E-state index < -0.39 is 0 Å². The molecule has 0 unspecified atom stereocenters. The van der Waals surface area contributed by atoms with Gasteiger partial charge in [0.25, 0.3) is 5.91 Å². The molecule has 5 rings (SSSR count). The third kappa shape index (κ3) is 5.03. The number of rotatable bonds is 6. The maximum atomic E-state index is 13.1. The van der Waals surface area contributed by atoms with Gasteiger partial charge < -0.3 is 10.1 Å². The van der Waals surface area contributed by atoms with E-state index in [-0.39, 0.29) is 11.7 Å². The first-order chi connectivity index (χ1) is 17.5. The maximum absolute atomic E-state index is 13.1. The number of nitrogens with zero attached hydrogens (tertiary/aromatic N) is 3. The van der Waals surface area contributed by atoms with E-state index in [1.54, 1.807) is 28.9 Å². The summed E-state index contributed by atoms with van der Waals surface area (Å²) in [5, 5.41) is 7.48. The van der Waals surface area contributed by atoms with Crippen LogP contribution in [0.25, 0.3) is 17.1 Å². The van der Waals surface area contributed by atoms with E-state index in [4.69, 9.17) is 4.74 Å². The summed E-state index contributed by atoms with van der Waals surface area (Å²) in [7, 11) is 0. The summed E-state index contributed by atoms with van der Waals surface area (Å²) in [4.78, 5) is 17.7. The number of benzene rings is 4. The van der Waals surface area contributed by atoms with Crippen molar-refractivity contribution in [2.45, 2.75) is 20.8 Å². The van der Waals surface area contributed by atoms with Gasteiger partial charge in [0.15, 0.2) is 5.82 Å². The third-order valence-electron chi connectivity index (χ3n) is 5.95. The Balaban J connectivity index is 1.42. The Morgan fingerprint density at radius 2 is 1.47 bits per heavy atom. The normalized spacial score (nSPS) is 10.8. The van der Waals surface area contributed by atoms with Gasteiger partial charge in [-0.3, -0.25) is 4.79 Å². The molecular weight excluding hydrogens is 448 g/mol. The number of aryl methyl sites for hydroxylation is 3. The molecule has 178 valence electrons. The number of hydrogen-bond acceptors (Lipinski definition) is 4. The highest BCUT2D eigenvalue weighted by molar-refractivity contribution is 6.01. The van der Waals surface area contributed by atoms with Crippen molar-refractivity contribution in [1.82, 2.24) is 14.8 Å². The molecule has 0 fully saturated rings. The molecule has 6 heteroatoms. The van der Waals surface area contributed by atoms with Crippen molar-refractivity contribution in [3.63, 3.8) is 0 Å². The maximum Gasteiger partial charge on any atom is 0.295 e. The highest BCUT2D eigenvalue weighted by atomic mass is 16.5. The summed E-state index contributed by atoms with van der Waals surface area (Å²) < 4.78 is 7.55. The topological polar surface area (TPSA) is 69.0 Å². The number of hydrogen-bond donors (Lipinski definition) is 1. The van der Waals surface area contributed by atoms with Crippen molar-refractivity contribution in [1.29, 1.82) is 0 Å². The lowest BCUT2D eigenvalue weighted by Crippen LogP contribution is -2.14. The van der Waals surface area contributed by atoms with E-state index >= 15 is 0 Å². The third-order valence-corrected chi connectivity index (χ3v) is 5.95. The number of amides is 1. The summed E-state index contributed by atoms with van der Waals surface area (Å²) in [5.41, 5.74) is 5.83. The van der Waals surface area contributed by atoms with E-state index in [9.17, 15) is 4.79 Å². The summed E-state index contributed by atoms with van der Waals surface area (Å²) in [5.74, 6) is 1.74. The van der Waals surface area contributed by atoms with Gasteiger partial charge in [-0.25, -0.2) is 9.67 Å². The minimum Gasteiger partial charge on any atom is -0.457 e. The number of aromatic nitrogens is 3. The highest BCUT2D eigenvalue weighted by Crippen LogP contribution is 2.25. The predicted molar refractivity (Wildman–Crippen MR) is 142 cm³/mol. The lowest BCUT2D eigenvalue weighted by molar-refractivity contribution is 0.101.